The van der Waals surface area contributed by atoms with Crippen LogP contribution in [0.3, 0.4) is 0 Å². The number of nitrogens with one attached hydrogen (secondary N) is 1. The molecule has 0 aromatic heterocycles. The molecule has 1 heterocycles. The average molecular weight is 220 g/mol. The molecule has 16 heavy (non-hydrogen) atoms. The van der Waals surface area contributed by atoms with E-state index in [1.54, 1.807) is 12.1 Å². The van der Waals surface area contributed by atoms with Crippen LogP contribution in [0, 0.1) is 4.91 Å². The van der Waals surface area contributed by atoms with Crippen LogP contribution in [-0.2, 0) is 0 Å². The van der Waals surface area contributed by atoms with Crippen molar-refractivity contribution in [3.63, 3.8) is 0 Å². The molecule has 82 valence electrons. The van der Waals surface area contributed by atoms with E-state index in [0.717, 1.165) is 10.3 Å². The van der Waals surface area contributed by atoms with Gasteiger partial charge >= 0.3 is 5.97 Å². The number of hydrogen-bond donors (Lipinski definition) is 2. The van der Waals surface area contributed by atoms with E-state index in [1.807, 2.05) is 0 Å². The normalized spacial score (nSPS) is 15.2. The Bertz CT molecular complexity index is 465. The molecule has 1 aromatic rings. The Hall–Kier alpha value is -2.24. The summed E-state index contributed by atoms with van der Waals surface area (Å²) >= 11 is 0. The first-order valence-corrected chi connectivity index (χ1v) is 4.71. The van der Waals surface area contributed by atoms with E-state index in [-0.39, 0.29) is 18.9 Å². The van der Waals surface area contributed by atoms with Gasteiger partial charge in [0.1, 0.15) is 5.84 Å². The lowest BCUT2D eigenvalue weighted by Gasteiger charge is -2.09. The van der Waals surface area contributed by atoms with Gasteiger partial charge in [0, 0.05) is 15.2 Å². The number of benzene rings is 1. The van der Waals surface area contributed by atoms with Crippen molar-refractivity contribution in [3.8, 4) is 0 Å². The van der Waals surface area contributed by atoms with Crippen LogP contribution < -0.4 is 5.32 Å². The van der Waals surface area contributed by atoms with Crippen LogP contribution >= 0.6 is 0 Å². The van der Waals surface area contributed by atoms with Gasteiger partial charge in [0.2, 0.25) is 0 Å². The van der Waals surface area contributed by atoms with Crippen molar-refractivity contribution in [2.75, 3.05) is 13.3 Å². The summed E-state index contributed by atoms with van der Waals surface area (Å²) in [6.45, 7) is 0.294. The quantitative estimate of drug-likeness (QED) is 0.708. The molecule has 0 atom stereocenters. The highest BCUT2D eigenvalue weighted by Crippen LogP contribution is 2.06. The molecule has 1 aliphatic heterocycles. The lowest BCUT2D eigenvalue weighted by Crippen LogP contribution is -2.37. The molecule has 6 nitrogen and oxygen atoms in total. The highest BCUT2D eigenvalue weighted by Gasteiger charge is 2.16. The number of hydrogen-bond acceptors (Lipinski definition) is 4. The van der Waals surface area contributed by atoms with Crippen molar-refractivity contribution in [2.45, 2.75) is 0 Å². The van der Waals surface area contributed by atoms with Gasteiger partial charge in [0.05, 0.1) is 5.56 Å². The van der Waals surface area contributed by atoms with E-state index in [4.69, 9.17) is 5.11 Å². The number of carboxylic acid groups (broad SMARTS) is 1. The van der Waals surface area contributed by atoms with E-state index < -0.39 is 5.97 Å². The summed E-state index contributed by atoms with van der Waals surface area (Å²) in [5, 5.41) is 11.6. The van der Waals surface area contributed by atoms with Crippen LogP contribution in [0.15, 0.2) is 29.3 Å². The lowest BCUT2D eigenvalue weighted by molar-refractivity contribution is -0.552. The first-order chi connectivity index (χ1) is 7.66. The topological polar surface area (TPSA) is 81.8 Å². The van der Waals surface area contributed by atoms with Crippen molar-refractivity contribution in [2.24, 2.45) is 4.99 Å². The van der Waals surface area contributed by atoms with Crippen molar-refractivity contribution in [3.05, 3.63) is 40.3 Å². The molecule has 0 unspecified atom stereocenters. The second-order valence-corrected chi connectivity index (χ2v) is 3.35. The Morgan fingerprint density at radius 3 is 2.56 bits per heavy atom. The van der Waals surface area contributed by atoms with E-state index >= 15 is 0 Å². The molecule has 1 aliphatic rings. The summed E-state index contributed by atoms with van der Waals surface area (Å²) in [4.78, 5) is 25.5. The fourth-order valence-electron chi connectivity index (χ4n) is 1.38. The van der Waals surface area contributed by atoms with Crippen molar-refractivity contribution < 1.29 is 14.7 Å². The van der Waals surface area contributed by atoms with Gasteiger partial charge in [-0.2, -0.15) is 4.99 Å². The van der Waals surface area contributed by atoms with Gasteiger partial charge in [0.15, 0.2) is 0 Å². The van der Waals surface area contributed by atoms with Gasteiger partial charge in [-0.05, 0) is 12.1 Å². The van der Waals surface area contributed by atoms with Gasteiger partial charge in [-0.25, -0.2) is 4.79 Å². The smallest absolute Gasteiger partial charge is 0.335 e. The van der Waals surface area contributed by atoms with Crippen LogP contribution in [0.4, 0.5) is 0 Å². The van der Waals surface area contributed by atoms with Crippen LogP contribution in [0.5, 0.6) is 0 Å². The Kier molecular flexibility index (Phi) is 2.63. The molecule has 0 aliphatic carbocycles. The molecule has 2 rings (SSSR count). The third-order valence-electron chi connectivity index (χ3n) is 2.21. The van der Waals surface area contributed by atoms with Gasteiger partial charge in [-0.15, -0.1) is 0 Å². The second kappa shape index (κ2) is 4.09. The van der Waals surface area contributed by atoms with Crippen LogP contribution in [0.2, 0.25) is 0 Å². The third-order valence-corrected chi connectivity index (χ3v) is 2.21. The fourth-order valence-corrected chi connectivity index (χ4v) is 1.38. The van der Waals surface area contributed by atoms with Gasteiger partial charge in [-0.3, -0.25) is 0 Å². The number of nitrogens with zero attached hydrogens (tertiary/aromatic N) is 2. The summed E-state index contributed by atoms with van der Waals surface area (Å²) in [6.07, 6.45) is 0. The molecule has 0 radical (unpaired) electrons. The Balaban J connectivity index is 2.22. The molecule has 0 saturated carbocycles. The Morgan fingerprint density at radius 2 is 2.06 bits per heavy atom. The number of carbonyl (C=O) groups is 1. The predicted molar refractivity (Wildman–Crippen MR) is 56.4 cm³/mol. The molecule has 0 spiro atoms. The standard InChI is InChI=1S/C10H9N3O3/c14-10(15)8-3-1-7(2-4-8)9-11-5-13(16)6-12-9/h1-4H,5-6H2,(H-,11,12,14,15)/p+1. The van der Waals surface area contributed by atoms with E-state index in [1.165, 1.54) is 12.1 Å². The van der Waals surface area contributed by atoms with Crippen LogP contribution in [-0.4, -0.2) is 35.0 Å². The maximum atomic E-state index is 10.9. The zero-order chi connectivity index (χ0) is 11.5. The zero-order valence-corrected chi connectivity index (χ0v) is 8.38. The maximum absolute atomic E-state index is 10.9. The SMILES string of the molecule is O=C(O)c1ccc(C2=NC[N+](=O)CN2)cc1. The maximum Gasteiger partial charge on any atom is 0.335 e. The second-order valence-electron chi connectivity index (χ2n) is 3.35. The molecule has 0 fully saturated rings. The predicted octanol–water partition coefficient (Wildman–Crippen LogP) is 0.428. The number of aromatic carboxylic acids is 1. The monoisotopic (exact) mass is 220 g/mol. The van der Waals surface area contributed by atoms with Crippen molar-refractivity contribution >= 4 is 11.8 Å². The summed E-state index contributed by atoms with van der Waals surface area (Å²) < 4.78 is 0.787. The summed E-state index contributed by atoms with van der Waals surface area (Å²) in [5.41, 5.74) is 1.00. The number of amidine groups is 1. The first-order valence-electron chi connectivity index (χ1n) is 4.71. The fraction of sp³-hybridized carbons (Fsp3) is 0.200. The minimum absolute atomic E-state index is 0.100. The van der Waals surface area contributed by atoms with Crippen molar-refractivity contribution in [1.82, 2.24) is 5.32 Å². The number of rotatable bonds is 2. The average Bonchev–Trinajstić information content (AvgIpc) is 2.30. The number of nitroso groups, excluding NO2 is 1. The molecule has 1 aromatic carbocycles. The Morgan fingerprint density at radius 1 is 1.38 bits per heavy atom. The summed E-state index contributed by atoms with van der Waals surface area (Å²) in [5.74, 6) is -0.347. The summed E-state index contributed by atoms with van der Waals surface area (Å²) in [6, 6.07) is 6.34. The minimum atomic E-state index is -0.962. The number of carboxylic acids is 1. The largest absolute Gasteiger partial charge is 0.478 e. The molecule has 6 heteroatoms. The number of aliphatic imine (C=N–C) groups is 1. The molecule has 0 amide bonds. The van der Waals surface area contributed by atoms with Gasteiger partial charge in [0.25, 0.3) is 13.3 Å². The molecule has 0 bridgehead atoms. The third kappa shape index (κ3) is 2.05. The van der Waals surface area contributed by atoms with Crippen LogP contribution in [0.25, 0.3) is 0 Å². The highest BCUT2D eigenvalue weighted by atomic mass is 16.4. The van der Waals surface area contributed by atoms with Gasteiger partial charge < -0.3 is 10.4 Å². The van der Waals surface area contributed by atoms with Crippen molar-refractivity contribution in [1.29, 1.82) is 0 Å². The molecule has 0 saturated heterocycles. The minimum Gasteiger partial charge on any atom is -0.478 e. The molecule has 2 N–H and O–H groups in total. The molecular weight excluding hydrogens is 210 g/mol. The first kappa shape index (κ1) is 10.3. The lowest BCUT2D eigenvalue weighted by atomic mass is 10.1. The Labute approximate surface area is 91.2 Å². The van der Waals surface area contributed by atoms with E-state index in [0.29, 0.717) is 5.84 Å². The zero-order valence-electron chi connectivity index (χ0n) is 8.38. The van der Waals surface area contributed by atoms with E-state index in [9.17, 15) is 9.70 Å². The molecular formula is C10H10N3O3+. The highest BCUT2D eigenvalue weighted by molar-refractivity contribution is 5.99. The van der Waals surface area contributed by atoms with Gasteiger partial charge in [-0.1, -0.05) is 12.1 Å². The van der Waals surface area contributed by atoms with Crippen LogP contribution in [0.1, 0.15) is 15.9 Å². The van der Waals surface area contributed by atoms with E-state index in [2.05, 4.69) is 10.3 Å². The summed E-state index contributed by atoms with van der Waals surface area (Å²) in [7, 11) is 0.